The minimum Gasteiger partial charge on any atom is -0.376 e. The summed E-state index contributed by atoms with van der Waals surface area (Å²) in [5.41, 5.74) is 1.28. The SMILES string of the molecule is CCCCCCCCCCC1SCC(COCc2ccccc2)CS1. The van der Waals surface area contributed by atoms with Crippen LogP contribution in [0.5, 0.6) is 0 Å². The Balaban J connectivity index is 1.42. The molecule has 0 aromatic heterocycles. The van der Waals surface area contributed by atoms with Crippen molar-refractivity contribution in [3.63, 3.8) is 0 Å². The molecule has 1 aliphatic heterocycles. The second-order valence-corrected chi connectivity index (χ2v) is 10.00. The highest BCUT2D eigenvalue weighted by Gasteiger charge is 2.21. The van der Waals surface area contributed by atoms with Gasteiger partial charge in [-0.15, -0.1) is 23.5 Å². The summed E-state index contributed by atoms with van der Waals surface area (Å²) in [6.45, 7) is 3.97. The highest BCUT2D eigenvalue weighted by Crippen LogP contribution is 2.37. The Morgan fingerprint density at radius 3 is 2.20 bits per heavy atom. The van der Waals surface area contributed by atoms with E-state index in [1.165, 1.54) is 74.9 Å². The molecule has 0 amide bonds. The molecular formula is C22H36OS2. The lowest BCUT2D eigenvalue weighted by atomic mass is 10.1. The largest absolute Gasteiger partial charge is 0.376 e. The van der Waals surface area contributed by atoms with Gasteiger partial charge in [-0.25, -0.2) is 0 Å². The van der Waals surface area contributed by atoms with Crippen molar-refractivity contribution >= 4 is 23.5 Å². The van der Waals surface area contributed by atoms with E-state index in [4.69, 9.17) is 4.74 Å². The average Bonchev–Trinajstić information content (AvgIpc) is 2.66. The molecule has 1 heterocycles. The minimum atomic E-state index is 0.730. The van der Waals surface area contributed by atoms with E-state index in [9.17, 15) is 0 Å². The first-order chi connectivity index (χ1) is 12.4. The number of unbranched alkanes of at least 4 members (excludes halogenated alkanes) is 7. The van der Waals surface area contributed by atoms with Gasteiger partial charge in [-0.1, -0.05) is 88.6 Å². The van der Waals surface area contributed by atoms with Crippen LogP contribution in [0.1, 0.15) is 70.3 Å². The standard InChI is InChI=1S/C22H36OS2/c1-2-3-4-5-6-7-8-12-15-22-24-18-21(19-25-22)17-23-16-20-13-10-9-11-14-20/h9-11,13-14,21-22H,2-8,12,15-19H2,1H3. The van der Waals surface area contributed by atoms with E-state index in [2.05, 4.69) is 60.8 Å². The summed E-state index contributed by atoms with van der Waals surface area (Å²) in [6, 6.07) is 10.5. The maximum absolute atomic E-state index is 5.92. The van der Waals surface area contributed by atoms with Gasteiger partial charge in [0.05, 0.1) is 17.8 Å². The molecule has 0 radical (unpaired) electrons. The van der Waals surface area contributed by atoms with Crippen LogP contribution >= 0.6 is 23.5 Å². The van der Waals surface area contributed by atoms with Gasteiger partial charge in [0.25, 0.3) is 0 Å². The Kier molecular flexibility index (Phi) is 11.9. The maximum Gasteiger partial charge on any atom is 0.0717 e. The quantitative estimate of drug-likeness (QED) is 0.336. The third-order valence-electron chi connectivity index (χ3n) is 4.79. The molecule has 1 aromatic rings. The van der Waals surface area contributed by atoms with Crippen LogP contribution in [0, 0.1) is 5.92 Å². The number of hydrogen-bond acceptors (Lipinski definition) is 3. The highest BCUT2D eigenvalue weighted by molar-refractivity contribution is 8.17. The number of thioether (sulfide) groups is 2. The molecule has 1 fully saturated rings. The van der Waals surface area contributed by atoms with E-state index >= 15 is 0 Å². The maximum atomic E-state index is 5.92. The van der Waals surface area contributed by atoms with Crippen LogP contribution in [0.15, 0.2) is 30.3 Å². The second kappa shape index (κ2) is 14.0. The number of ether oxygens (including phenoxy) is 1. The van der Waals surface area contributed by atoms with Crippen molar-refractivity contribution in [3.8, 4) is 0 Å². The summed E-state index contributed by atoms with van der Waals surface area (Å²) < 4.78 is 6.76. The molecule has 3 heteroatoms. The molecule has 1 aliphatic rings. The van der Waals surface area contributed by atoms with Crippen molar-refractivity contribution in [3.05, 3.63) is 35.9 Å². The molecule has 1 aromatic carbocycles. The third kappa shape index (κ3) is 9.96. The van der Waals surface area contributed by atoms with Crippen molar-refractivity contribution in [2.24, 2.45) is 5.92 Å². The Labute approximate surface area is 164 Å². The van der Waals surface area contributed by atoms with Gasteiger partial charge in [0.2, 0.25) is 0 Å². The molecule has 0 unspecified atom stereocenters. The molecule has 1 saturated heterocycles. The molecule has 1 nitrogen and oxygen atoms in total. The van der Waals surface area contributed by atoms with Crippen molar-refractivity contribution in [2.75, 3.05) is 18.1 Å². The normalized spacial score (nSPS) is 20.7. The topological polar surface area (TPSA) is 9.23 Å². The lowest BCUT2D eigenvalue weighted by Gasteiger charge is -2.27. The lowest BCUT2D eigenvalue weighted by Crippen LogP contribution is -2.22. The Morgan fingerprint density at radius 2 is 1.52 bits per heavy atom. The van der Waals surface area contributed by atoms with Crippen molar-refractivity contribution in [1.82, 2.24) is 0 Å². The molecule has 25 heavy (non-hydrogen) atoms. The van der Waals surface area contributed by atoms with Crippen LogP contribution in [0.25, 0.3) is 0 Å². The highest BCUT2D eigenvalue weighted by atomic mass is 32.2. The van der Waals surface area contributed by atoms with E-state index in [1.54, 1.807) is 0 Å². The predicted molar refractivity (Wildman–Crippen MR) is 116 cm³/mol. The average molecular weight is 381 g/mol. The molecule has 2 rings (SSSR count). The van der Waals surface area contributed by atoms with Crippen LogP contribution in [0.2, 0.25) is 0 Å². The molecule has 0 aliphatic carbocycles. The van der Waals surface area contributed by atoms with Gasteiger partial charge in [-0.2, -0.15) is 0 Å². The smallest absolute Gasteiger partial charge is 0.0717 e. The fraction of sp³-hybridized carbons (Fsp3) is 0.727. The van der Waals surface area contributed by atoms with Gasteiger partial charge in [0, 0.05) is 17.4 Å². The molecular weight excluding hydrogens is 344 g/mol. The molecule has 0 N–H and O–H groups in total. The summed E-state index contributed by atoms with van der Waals surface area (Å²) >= 11 is 4.35. The first-order valence-electron chi connectivity index (χ1n) is 10.2. The van der Waals surface area contributed by atoms with Gasteiger partial charge >= 0.3 is 0 Å². The molecule has 0 bridgehead atoms. The van der Waals surface area contributed by atoms with E-state index < -0.39 is 0 Å². The van der Waals surface area contributed by atoms with E-state index in [-0.39, 0.29) is 0 Å². The Bertz CT molecular complexity index is 415. The molecule has 0 saturated carbocycles. The third-order valence-corrected chi connectivity index (χ3v) is 8.15. The molecule has 142 valence electrons. The number of benzene rings is 1. The lowest BCUT2D eigenvalue weighted by molar-refractivity contribution is 0.0992. The van der Waals surface area contributed by atoms with E-state index in [0.717, 1.165) is 23.7 Å². The van der Waals surface area contributed by atoms with Crippen LogP contribution in [0.3, 0.4) is 0 Å². The molecule has 0 atom stereocenters. The van der Waals surface area contributed by atoms with Crippen LogP contribution in [-0.4, -0.2) is 22.7 Å². The number of hydrogen-bond donors (Lipinski definition) is 0. The zero-order valence-corrected chi connectivity index (χ0v) is 17.6. The zero-order chi connectivity index (χ0) is 17.6. The van der Waals surface area contributed by atoms with Gasteiger partial charge in [-0.3, -0.25) is 0 Å². The van der Waals surface area contributed by atoms with Crippen molar-refractivity contribution in [2.45, 2.75) is 75.9 Å². The fourth-order valence-corrected chi connectivity index (χ4v) is 6.28. The van der Waals surface area contributed by atoms with Gasteiger partial charge < -0.3 is 4.74 Å². The first kappa shape index (κ1) is 21.2. The Morgan fingerprint density at radius 1 is 0.880 bits per heavy atom. The van der Waals surface area contributed by atoms with Gasteiger partial charge in [0.1, 0.15) is 0 Å². The first-order valence-corrected chi connectivity index (χ1v) is 12.3. The summed E-state index contributed by atoms with van der Waals surface area (Å²) in [5.74, 6) is 3.29. The van der Waals surface area contributed by atoms with Crippen LogP contribution in [-0.2, 0) is 11.3 Å². The zero-order valence-electron chi connectivity index (χ0n) is 16.0. The van der Waals surface area contributed by atoms with Gasteiger partial charge in [0.15, 0.2) is 0 Å². The monoisotopic (exact) mass is 380 g/mol. The summed E-state index contributed by atoms with van der Waals surface area (Å²) in [7, 11) is 0. The molecule has 0 spiro atoms. The fourth-order valence-electron chi connectivity index (χ4n) is 3.21. The number of rotatable bonds is 13. The van der Waals surface area contributed by atoms with E-state index in [0.29, 0.717) is 0 Å². The Hall–Kier alpha value is -0.120. The van der Waals surface area contributed by atoms with Crippen LogP contribution < -0.4 is 0 Å². The van der Waals surface area contributed by atoms with E-state index in [1.807, 2.05) is 0 Å². The predicted octanol–water partition coefficient (Wildman–Crippen LogP) is 7.16. The summed E-state index contributed by atoms with van der Waals surface area (Å²) in [4.78, 5) is 0. The van der Waals surface area contributed by atoms with Gasteiger partial charge in [-0.05, 0) is 12.0 Å². The van der Waals surface area contributed by atoms with Crippen LogP contribution in [0.4, 0.5) is 0 Å². The van der Waals surface area contributed by atoms with Crippen molar-refractivity contribution < 1.29 is 4.74 Å². The summed E-state index contributed by atoms with van der Waals surface area (Å²) in [5, 5.41) is 0. The summed E-state index contributed by atoms with van der Waals surface area (Å²) in [6.07, 6.45) is 12.8. The van der Waals surface area contributed by atoms with Crippen molar-refractivity contribution in [1.29, 1.82) is 0 Å². The second-order valence-electron chi connectivity index (χ2n) is 7.23. The minimum absolute atomic E-state index is 0.730.